The summed E-state index contributed by atoms with van der Waals surface area (Å²) in [6.07, 6.45) is -0.164. The van der Waals surface area contributed by atoms with Crippen molar-refractivity contribution in [3.8, 4) is 0 Å². The van der Waals surface area contributed by atoms with Crippen molar-refractivity contribution in [1.29, 1.82) is 0 Å². The molecular weight excluding hydrogens is 284 g/mol. The largest absolute Gasteiger partial charge is 0.370 e. The summed E-state index contributed by atoms with van der Waals surface area (Å²) in [5.41, 5.74) is 4.94. The molecule has 0 bridgehead atoms. The molecule has 1 saturated heterocycles. The van der Waals surface area contributed by atoms with Crippen LogP contribution in [-0.2, 0) is 19.4 Å². The highest BCUT2D eigenvalue weighted by Gasteiger charge is 2.28. The molecule has 1 aliphatic rings. The molecule has 4 N–H and O–H groups in total. The number of nitrogens with zero attached hydrogens (tertiary/aromatic N) is 1. The number of amides is 2. The molecule has 0 saturated carbocycles. The van der Waals surface area contributed by atoms with Crippen LogP contribution in [0.25, 0.3) is 0 Å². The van der Waals surface area contributed by atoms with E-state index in [1.807, 2.05) is 4.90 Å². The van der Waals surface area contributed by atoms with Crippen LogP contribution in [0.1, 0.15) is 6.42 Å². The molecule has 0 aromatic carbocycles. The summed E-state index contributed by atoms with van der Waals surface area (Å²) in [6, 6.07) is -0.361. The summed E-state index contributed by atoms with van der Waals surface area (Å²) < 4.78 is 23.5. The van der Waals surface area contributed by atoms with E-state index in [1.54, 1.807) is 7.05 Å². The van der Waals surface area contributed by atoms with Crippen LogP contribution in [0.2, 0.25) is 0 Å². The van der Waals surface area contributed by atoms with Crippen molar-refractivity contribution >= 4 is 21.7 Å². The van der Waals surface area contributed by atoms with Gasteiger partial charge in [-0.05, 0) is 0 Å². The number of piperazine rings is 1. The summed E-state index contributed by atoms with van der Waals surface area (Å²) in [5.74, 6) is -1.07. The highest BCUT2D eigenvalue weighted by molar-refractivity contribution is 7.91. The van der Waals surface area contributed by atoms with Crippen LogP contribution in [0, 0.1) is 0 Å². The van der Waals surface area contributed by atoms with Crippen molar-refractivity contribution in [2.24, 2.45) is 5.73 Å². The molecular formula is C11H22N4O4S. The summed E-state index contributed by atoms with van der Waals surface area (Å²) in [7, 11) is -1.77. The monoisotopic (exact) mass is 306 g/mol. The zero-order valence-corrected chi connectivity index (χ0v) is 12.4. The fraction of sp³-hybridized carbons (Fsp3) is 0.818. The number of primary amides is 1. The molecule has 0 aromatic heterocycles. The number of likely N-dealkylation sites (N-methyl/N-ethyl adjacent to an activating group) is 1. The van der Waals surface area contributed by atoms with Gasteiger partial charge in [0, 0.05) is 39.6 Å². The molecule has 20 heavy (non-hydrogen) atoms. The van der Waals surface area contributed by atoms with E-state index in [0.29, 0.717) is 13.1 Å². The first-order valence-electron chi connectivity index (χ1n) is 6.51. The average molecular weight is 306 g/mol. The third-order valence-electron chi connectivity index (χ3n) is 3.25. The summed E-state index contributed by atoms with van der Waals surface area (Å²) in [5, 5.41) is 5.67. The smallest absolute Gasteiger partial charge is 0.238 e. The van der Waals surface area contributed by atoms with Gasteiger partial charge in [-0.15, -0.1) is 0 Å². The predicted octanol–water partition coefficient (Wildman–Crippen LogP) is -2.70. The fourth-order valence-electron chi connectivity index (χ4n) is 2.05. The second-order valence-electron chi connectivity index (χ2n) is 4.74. The number of nitrogens with one attached hydrogen (secondary N) is 2. The lowest BCUT2D eigenvalue weighted by molar-refractivity contribution is -0.126. The highest BCUT2D eigenvalue weighted by atomic mass is 32.2. The van der Waals surface area contributed by atoms with E-state index in [2.05, 4.69) is 10.6 Å². The second-order valence-corrected chi connectivity index (χ2v) is 7.04. The molecule has 1 atom stereocenters. The summed E-state index contributed by atoms with van der Waals surface area (Å²) in [6.45, 7) is 2.11. The van der Waals surface area contributed by atoms with Gasteiger partial charge in [0.15, 0.2) is 9.84 Å². The van der Waals surface area contributed by atoms with Crippen molar-refractivity contribution in [3.63, 3.8) is 0 Å². The molecule has 1 aliphatic heterocycles. The zero-order chi connectivity index (χ0) is 15.2. The van der Waals surface area contributed by atoms with Gasteiger partial charge in [0.1, 0.15) is 6.04 Å². The maximum absolute atomic E-state index is 11.8. The number of rotatable bonds is 7. The van der Waals surface area contributed by atoms with Gasteiger partial charge in [0.25, 0.3) is 0 Å². The molecule has 1 rings (SSSR count). The lowest BCUT2D eigenvalue weighted by atomic mass is 10.2. The first-order valence-corrected chi connectivity index (χ1v) is 8.33. The minimum absolute atomic E-state index is 0.0756. The van der Waals surface area contributed by atoms with Gasteiger partial charge < -0.3 is 16.4 Å². The Hall–Kier alpha value is -1.19. The Kier molecular flexibility index (Phi) is 6.37. The minimum Gasteiger partial charge on any atom is -0.370 e. The minimum atomic E-state index is -3.33. The topological polar surface area (TPSA) is 122 Å². The number of sulfone groups is 1. The van der Waals surface area contributed by atoms with Crippen LogP contribution >= 0.6 is 0 Å². The van der Waals surface area contributed by atoms with Crippen LogP contribution in [0.15, 0.2) is 0 Å². The van der Waals surface area contributed by atoms with E-state index >= 15 is 0 Å². The van der Waals surface area contributed by atoms with Crippen LogP contribution in [0.4, 0.5) is 0 Å². The van der Waals surface area contributed by atoms with Gasteiger partial charge in [-0.25, -0.2) is 8.42 Å². The second kappa shape index (κ2) is 7.55. The van der Waals surface area contributed by atoms with E-state index in [9.17, 15) is 18.0 Å². The van der Waals surface area contributed by atoms with E-state index in [4.69, 9.17) is 5.73 Å². The van der Waals surface area contributed by atoms with Gasteiger partial charge in [-0.3, -0.25) is 14.5 Å². The molecule has 9 heteroatoms. The van der Waals surface area contributed by atoms with Gasteiger partial charge in [-0.2, -0.15) is 0 Å². The molecule has 0 aromatic rings. The average Bonchev–Trinajstić information content (AvgIpc) is 2.43. The molecule has 2 amide bonds. The van der Waals surface area contributed by atoms with E-state index in [1.165, 1.54) is 0 Å². The van der Waals surface area contributed by atoms with Crippen LogP contribution < -0.4 is 16.4 Å². The maximum Gasteiger partial charge on any atom is 0.238 e. The molecule has 0 aliphatic carbocycles. The third-order valence-corrected chi connectivity index (χ3v) is 4.88. The standard InChI is InChI=1S/C11H22N4O4S/c1-13-11(17)9-8-14-3-4-15(9)5-7-20(18,19)6-2-10(12)16/h9,14H,2-8H2,1H3,(H2,12,16)(H,13,17). The predicted molar refractivity (Wildman–Crippen MR) is 74.8 cm³/mol. The van der Waals surface area contributed by atoms with Crippen LogP contribution in [0.3, 0.4) is 0 Å². The lowest BCUT2D eigenvalue weighted by Gasteiger charge is -2.34. The molecule has 0 radical (unpaired) electrons. The van der Waals surface area contributed by atoms with Gasteiger partial charge in [0.2, 0.25) is 11.8 Å². The fourth-order valence-corrected chi connectivity index (χ4v) is 3.28. The normalized spacial score (nSPS) is 20.6. The van der Waals surface area contributed by atoms with Gasteiger partial charge in [0.05, 0.1) is 11.5 Å². The van der Waals surface area contributed by atoms with Crippen molar-refractivity contribution in [3.05, 3.63) is 0 Å². The quantitative estimate of drug-likeness (QED) is 0.470. The van der Waals surface area contributed by atoms with Crippen LogP contribution in [0.5, 0.6) is 0 Å². The Morgan fingerprint density at radius 3 is 2.70 bits per heavy atom. The summed E-state index contributed by atoms with van der Waals surface area (Å²) >= 11 is 0. The Morgan fingerprint density at radius 2 is 2.10 bits per heavy atom. The molecule has 1 heterocycles. The number of hydrogen-bond acceptors (Lipinski definition) is 6. The number of carbonyl (C=O) groups is 2. The number of carbonyl (C=O) groups excluding carboxylic acids is 2. The van der Waals surface area contributed by atoms with Gasteiger partial charge in [-0.1, -0.05) is 0 Å². The van der Waals surface area contributed by atoms with Crippen molar-refractivity contribution < 1.29 is 18.0 Å². The molecule has 1 unspecified atom stereocenters. The first kappa shape index (κ1) is 16.9. The third kappa shape index (κ3) is 5.43. The molecule has 116 valence electrons. The maximum atomic E-state index is 11.8. The number of nitrogens with two attached hydrogens (primary N) is 1. The van der Waals surface area contributed by atoms with Crippen molar-refractivity contribution in [2.75, 3.05) is 44.7 Å². The first-order chi connectivity index (χ1) is 9.35. The summed E-state index contributed by atoms with van der Waals surface area (Å²) in [4.78, 5) is 24.2. The van der Waals surface area contributed by atoms with Crippen molar-refractivity contribution in [2.45, 2.75) is 12.5 Å². The van der Waals surface area contributed by atoms with Crippen molar-refractivity contribution in [1.82, 2.24) is 15.5 Å². The molecule has 0 spiro atoms. The Bertz CT molecular complexity index is 451. The SMILES string of the molecule is CNC(=O)C1CNCCN1CCS(=O)(=O)CCC(N)=O. The molecule has 8 nitrogen and oxygen atoms in total. The van der Waals surface area contributed by atoms with E-state index < -0.39 is 15.7 Å². The van der Waals surface area contributed by atoms with Gasteiger partial charge >= 0.3 is 0 Å². The van der Waals surface area contributed by atoms with E-state index in [-0.39, 0.29) is 36.4 Å². The Labute approximate surface area is 119 Å². The highest BCUT2D eigenvalue weighted by Crippen LogP contribution is 2.05. The Morgan fingerprint density at radius 1 is 1.40 bits per heavy atom. The number of hydrogen-bond donors (Lipinski definition) is 3. The Balaban J connectivity index is 2.53. The van der Waals surface area contributed by atoms with E-state index in [0.717, 1.165) is 6.54 Å². The lowest BCUT2D eigenvalue weighted by Crippen LogP contribution is -2.58. The zero-order valence-electron chi connectivity index (χ0n) is 11.6. The van der Waals surface area contributed by atoms with Crippen LogP contribution in [-0.4, -0.2) is 75.9 Å². The molecule has 1 fully saturated rings.